The Morgan fingerprint density at radius 3 is 2.10 bits per heavy atom. The number of aryl methyl sites for hydroxylation is 2. The van der Waals surface area contributed by atoms with Crippen LogP contribution in [0.2, 0.25) is 0 Å². The van der Waals surface area contributed by atoms with Crippen molar-refractivity contribution < 1.29 is 4.79 Å². The summed E-state index contributed by atoms with van der Waals surface area (Å²) in [5.41, 5.74) is 8.43. The third-order valence-electron chi connectivity index (χ3n) is 4.16. The molecule has 2 aromatic carbocycles. The summed E-state index contributed by atoms with van der Waals surface area (Å²) >= 11 is 0. The molecule has 0 saturated heterocycles. The Morgan fingerprint density at radius 1 is 0.950 bits per heavy atom. The van der Waals surface area contributed by atoms with Gasteiger partial charge in [0.15, 0.2) is 5.78 Å². The number of hydrogen-bond donors (Lipinski definition) is 0. The van der Waals surface area contributed by atoms with E-state index in [0.29, 0.717) is 6.42 Å². The normalized spacial score (nSPS) is 10.7. The van der Waals surface area contributed by atoms with Gasteiger partial charge in [0.2, 0.25) is 0 Å². The van der Waals surface area contributed by atoms with Crippen molar-refractivity contribution in [2.45, 2.75) is 41.0 Å². The van der Waals surface area contributed by atoms with Crippen molar-refractivity contribution in [1.82, 2.24) is 0 Å². The summed E-state index contributed by atoms with van der Waals surface area (Å²) in [4.78, 5) is 11.9. The Hall–Kier alpha value is -1.89. The molecule has 0 bridgehead atoms. The molecule has 1 nitrogen and oxygen atoms in total. The molecule has 0 aliphatic heterocycles. The molecule has 20 heavy (non-hydrogen) atoms. The lowest BCUT2D eigenvalue weighted by Crippen LogP contribution is -1.99. The average molecular weight is 266 g/mol. The first kappa shape index (κ1) is 14.5. The minimum atomic E-state index is 0.200. The lowest BCUT2D eigenvalue weighted by molar-refractivity contribution is 0.0988. The lowest BCUT2D eigenvalue weighted by atomic mass is 9.89. The number of carbonyl (C=O) groups is 1. The summed E-state index contributed by atoms with van der Waals surface area (Å²) in [7, 11) is 0. The van der Waals surface area contributed by atoms with Crippen LogP contribution in [0, 0.1) is 27.7 Å². The van der Waals surface area contributed by atoms with Crippen LogP contribution >= 0.6 is 0 Å². The van der Waals surface area contributed by atoms with E-state index in [1.165, 1.54) is 27.8 Å². The number of hydrogen-bond acceptors (Lipinski definition) is 1. The van der Waals surface area contributed by atoms with E-state index in [1.807, 2.05) is 25.1 Å². The summed E-state index contributed by atoms with van der Waals surface area (Å²) in [6, 6.07) is 10.2. The second-order valence-electron chi connectivity index (χ2n) is 5.49. The van der Waals surface area contributed by atoms with Gasteiger partial charge in [0.1, 0.15) is 0 Å². The molecule has 2 rings (SSSR count). The molecule has 0 spiro atoms. The van der Waals surface area contributed by atoms with E-state index < -0.39 is 0 Å². The number of Topliss-reactive ketones (excluding diaryl/α,β-unsaturated/α-hetero) is 1. The zero-order valence-electron chi connectivity index (χ0n) is 13.0. The summed E-state index contributed by atoms with van der Waals surface area (Å²) in [6.07, 6.45) is 0.550. The van der Waals surface area contributed by atoms with Crippen molar-refractivity contribution in [3.05, 3.63) is 58.1 Å². The van der Waals surface area contributed by atoms with Gasteiger partial charge < -0.3 is 0 Å². The van der Waals surface area contributed by atoms with Crippen LogP contribution in [-0.4, -0.2) is 5.78 Å². The zero-order valence-corrected chi connectivity index (χ0v) is 13.0. The molecule has 104 valence electrons. The first-order valence-electron chi connectivity index (χ1n) is 7.16. The molecule has 0 atom stereocenters. The SMILES string of the molecule is CCC(=O)c1cccc(-c2c(C)c(C)cc(C)c2C)c1. The van der Waals surface area contributed by atoms with Gasteiger partial charge in [-0.2, -0.15) is 0 Å². The molecular weight excluding hydrogens is 244 g/mol. The van der Waals surface area contributed by atoms with Gasteiger partial charge in [0.05, 0.1) is 0 Å². The first-order chi connectivity index (χ1) is 9.45. The average Bonchev–Trinajstić information content (AvgIpc) is 2.45. The lowest BCUT2D eigenvalue weighted by Gasteiger charge is -2.16. The van der Waals surface area contributed by atoms with E-state index in [1.54, 1.807) is 0 Å². The van der Waals surface area contributed by atoms with Gasteiger partial charge in [0.25, 0.3) is 0 Å². The highest BCUT2D eigenvalue weighted by Crippen LogP contribution is 2.32. The Bertz CT molecular complexity index is 639. The topological polar surface area (TPSA) is 17.1 Å². The highest BCUT2D eigenvalue weighted by molar-refractivity contribution is 5.97. The highest BCUT2D eigenvalue weighted by Gasteiger charge is 2.12. The number of benzene rings is 2. The summed E-state index contributed by atoms with van der Waals surface area (Å²) in [6.45, 7) is 10.5. The van der Waals surface area contributed by atoms with Crippen molar-refractivity contribution in [2.75, 3.05) is 0 Å². The van der Waals surface area contributed by atoms with Gasteiger partial charge in [-0.15, -0.1) is 0 Å². The molecule has 0 aliphatic rings. The second-order valence-corrected chi connectivity index (χ2v) is 5.49. The van der Waals surface area contributed by atoms with Crippen molar-refractivity contribution in [1.29, 1.82) is 0 Å². The molecule has 0 aromatic heterocycles. The molecule has 2 aromatic rings. The van der Waals surface area contributed by atoms with E-state index >= 15 is 0 Å². The third kappa shape index (κ3) is 2.53. The standard InChI is InChI=1S/C19H22O/c1-6-18(20)16-8-7-9-17(11-16)19-14(4)12(2)10-13(3)15(19)5/h7-11H,6H2,1-5H3. The van der Waals surface area contributed by atoms with E-state index in [2.05, 4.69) is 39.8 Å². The molecule has 0 fully saturated rings. The quantitative estimate of drug-likeness (QED) is 0.699. The first-order valence-corrected chi connectivity index (χ1v) is 7.16. The predicted octanol–water partition coefficient (Wildman–Crippen LogP) is 5.18. The van der Waals surface area contributed by atoms with Gasteiger partial charge in [-0.05, 0) is 67.1 Å². The molecule has 0 radical (unpaired) electrons. The Morgan fingerprint density at radius 2 is 1.55 bits per heavy atom. The highest BCUT2D eigenvalue weighted by atomic mass is 16.1. The fraction of sp³-hybridized carbons (Fsp3) is 0.316. The van der Waals surface area contributed by atoms with E-state index in [9.17, 15) is 4.79 Å². The molecule has 0 amide bonds. The van der Waals surface area contributed by atoms with Crippen LogP contribution < -0.4 is 0 Å². The maximum Gasteiger partial charge on any atom is 0.162 e. The Labute approximate surface area is 121 Å². The minimum absolute atomic E-state index is 0.200. The largest absolute Gasteiger partial charge is 0.294 e. The molecule has 0 saturated carbocycles. The molecule has 0 heterocycles. The van der Waals surface area contributed by atoms with E-state index in [4.69, 9.17) is 0 Å². The maximum atomic E-state index is 11.9. The summed E-state index contributed by atoms with van der Waals surface area (Å²) in [5.74, 6) is 0.200. The van der Waals surface area contributed by atoms with Crippen molar-refractivity contribution >= 4 is 5.78 Å². The monoisotopic (exact) mass is 266 g/mol. The fourth-order valence-electron chi connectivity index (χ4n) is 2.70. The number of rotatable bonds is 3. The van der Waals surface area contributed by atoms with E-state index in [-0.39, 0.29) is 5.78 Å². The zero-order chi connectivity index (χ0) is 14.9. The van der Waals surface area contributed by atoms with Crippen LogP contribution in [0.5, 0.6) is 0 Å². The van der Waals surface area contributed by atoms with Crippen molar-refractivity contribution in [3.63, 3.8) is 0 Å². The van der Waals surface area contributed by atoms with Crippen molar-refractivity contribution in [2.24, 2.45) is 0 Å². The van der Waals surface area contributed by atoms with E-state index in [0.717, 1.165) is 11.1 Å². The van der Waals surface area contributed by atoms with Crippen LogP contribution in [0.25, 0.3) is 11.1 Å². The predicted molar refractivity (Wildman–Crippen MR) is 85.4 cm³/mol. The van der Waals surface area contributed by atoms with Crippen molar-refractivity contribution in [3.8, 4) is 11.1 Å². The smallest absolute Gasteiger partial charge is 0.162 e. The molecule has 1 heteroatoms. The Kier molecular flexibility index (Phi) is 4.08. The van der Waals surface area contributed by atoms with Gasteiger partial charge in [0, 0.05) is 12.0 Å². The number of carbonyl (C=O) groups excluding carboxylic acids is 1. The fourth-order valence-corrected chi connectivity index (χ4v) is 2.70. The van der Waals surface area contributed by atoms with Crippen LogP contribution in [0.3, 0.4) is 0 Å². The van der Waals surface area contributed by atoms with Gasteiger partial charge in [-0.3, -0.25) is 4.79 Å². The molecule has 0 aliphatic carbocycles. The maximum absolute atomic E-state index is 11.9. The minimum Gasteiger partial charge on any atom is -0.294 e. The van der Waals surface area contributed by atoms with Crippen LogP contribution in [0.15, 0.2) is 30.3 Å². The Balaban J connectivity index is 2.66. The molecule has 0 N–H and O–H groups in total. The number of ketones is 1. The van der Waals surface area contributed by atoms with Crippen LogP contribution in [-0.2, 0) is 0 Å². The van der Waals surface area contributed by atoms with Gasteiger partial charge >= 0.3 is 0 Å². The van der Waals surface area contributed by atoms with Crippen LogP contribution in [0.1, 0.15) is 46.0 Å². The molecular formula is C19H22O. The summed E-state index contributed by atoms with van der Waals surface area (Å²) < 4.78 is 0. The van der Waals surface area contributed by atoms with Gasteiger partial charge in [-0.25, -0.2) is 0 Å². The van der Waals surface area contributed by atoms with Crippen LogP contribution in [0.4, 0.5) is 0 Å². The second kappa shape index (κ2) is 5.62. The summed E-state index contributed by atoms with van der Waals surface area (Å²) in [5, 5.41) is 0. The third-order valence-corrected chi connectivity index (χ3v) is 4.16. The molecule has 0 unspecified atom stereocenters. The van der Waals surface area contributed by atoms with Gasteiger partial charge in [-0.1, -0.05) is 31.2 Å².